The predicted octanol–water partition coefficient (Wildman–Crippen LogP) is 0.680. The van der Waals surface area contributed by atoms with Gasteiger partial charge in [0.25, 0.3) is 0 Å². The molecule has 0 aliphatic heterocycles. The van der Waals surface area contributed by atoms with Crippen molar-refractivity contribution in [2.45, 2.75) is 0 Å². The number of H-pyrrole nitrogens is 1. The summed E-state index contributed by atoms with van der Waals surface area (Å²) in [6, 6.07) is 1.91. The van der Waals surface area contributed by atoms with Crippen LogP contribution in [0.4, 0.5) is 5.82 Å². The van der Waals surface area contributed by atoms with Gasteiger partial charge in [0.2, 0.25) is 0 Å². The van der Waals surface area contributed by atoms with Crippen molar-refractivity contribution in [3.63, 3.8) is 0 Å². The molecule has 1 N–H and O–H groups in total. The molecule has 1 aromatic heterocycles. The van der Waals surface area contributed by atoms with Gasteiger partial charge in [0, 0.05) is 25.9 Å². The normalized spacial score (nSPS) is 9.56. The van der Waals surface area contributed by atoms with Gasteiger partial charge in [-0.3, -0.25) is 5.10 Å². The fraction of sp³-hybridized carbons (Fsp3) is 0.333. The van der Waals surface area contributed by atoms with Crippen LogP contribution in [0.25, 0.3) is 0 Å². The number of aromatic amines is 1. The molecule has 0 aliphatic carbocycles. The molecule has 1 aromatic rings. The maximum absolute atomic E-state index is 3.95. The Balaban J connectivity index is 2.65. The van der Waals surface area contributed by atoms with Crippen LogP contribution in [0.1, 0.15) is 0 Å². The molecule has 0 spiro atoms. The standard InChI is InChI=1S/C6H10N3/c1-3-9(2)6-4-5-7-8-6/h4-5H,1,3H2,2H3,(H,7,8). The average Bonchev–Trinajstić information content (AvgIpc) is 2.37. The first-order valence-electron chi connectivity index (χ1n) is 2.84. The topological polar surface area (TPSA) is 31.9 Å². The Morgan fingerprint density at radius 2 is 2.67 bits per heavy atom. The Kier molecular flexibility index (Phi) is 1.72. The number of nitrogens with one attached hydrogen (secondary N) is 1. The summed E-state index contributed by atoms with van der Waals surface area (Å²) >= 11 is 0. The summed E-state index contributed by atoms with van der Waals surface area (Å²) in [6.45, 7) is 4.45. The fourth-order valence-corrected chi connectivity index (χ4v) is 0.580. The minimum Gasteiger partial charge on any atom is -0.358 e. The summed E-state index contributed by atoms with van der Waals surface area (Å²) in [5.41, 5.74) is 0. The van der Waals surface area contributed by atoms with E-state index in [4.69, 9.17) is 0 Å². The van der Waals surface area contributed by atoms with Gasteiger partial charge in [0.15, 0.2) is 0 Å². The van der Waals surface area contributed by atoms with Crippen LogP contribution in [0, 0.1) is 6.92 Å². The van der Waals surface area contributed by atoms with Gasteiger partial charge in [-0.15, -0.1) is 0 Å². The van der Waals surface area contributed by atoms with Gasteiger partial charge >= 0.3 is 0 Å². The Bertz CT molecular complexity index is 157. The Labute approximate surface area is 54.7 Å². The smallest absolute Gasteiger partial charge is 0.150 e. The molecule has 1 heterocycles. The Morgan fingerprint density at radius 1 is 1.89 bits per heavy atom. The minimum absolute atomic E-state index is 0.741. The van der Waals surface area contributed by atoms with Crippen LogP contribution in [-0.4, -0.2) is 23.8 Å². The van der Waals surface area contributed by atoms with E-state index >= 15 is 0 Å². The van der Waals surface area contributed by atoms with E-state index in [2.05, 4.69) is 17.1 Å². The van der Waals surface area contributed by atoms with Crippen LogP contribution < -0.4 is 4.90 Å². The van der Waals surface area contributed by atoms with Gasteiger partial charge in [-0.2, -0.15) is 5.10 Å². The maximum Gasteiger partial charge on any atom is 0.150 e. The molecule has 49 valence electrons. The van der Waals surface area contributed by atoms with E-state index in [1.165, 1.54) is 0 Å². The number of hydrogen-bond donors (Lipinski definition) is 1. The minimum atomic E-state index is 0.741. The first-order valence-corrected chi connectivity index (χ1v) is 2.84. The second-order valence-corrected chi connectivity index (χ2v) is 1.85. The van der Waals surface area contributed by atoms with Gasteiger partial charge in [0.05, 0.1) is 0 Å². The van der Waals surface area contributed by atoms with Crippen molar-refractivity contribution in [2.75, 3.05) is 18.5 Å². The van der Waals surface area contributed by atoms with Crippen LogP contribution in [0.3, 0.4) is 0 Å². The van der Waals surface area contributed by atoms with E-state index in [1.54, 1.807) is 6.20 Å². The summed E-state index contributed by atoms with van der Waals surface area (Å²) in [4.78, 5) is 1.95. The number of nitrogens with zero attached hydrogens (tertiary/aromatic N) is 2. The van der Waals surface area contributed by atoms with E-state index in [9.17, 15) is 0 Å². The average molecular weight is 124 g/mol. The van der Waals surface area contributed by atoms with Crippen molar-refractivity contribution in [3.8, 4) is 0 Å². The van der Waals surface area contributed by atoms with Crippen molar-refractivity contribution < 1.29 is 0 Å². The van der Waals surface area contributed by atoms with Crippen LogP contribution >= 0.6 is 0 Å². The summed E-state index contributed by atoms with van der Waals surface area (Å²) in [6.07, 6.45) is 1.79. The molecule has 0 amide bonds. The van der Waals surface area contributed by atoms with Gasteiger partial charge in [-0.1, -0.05) is 0 Å². The molecule has 3 heteroatoms. The molecule has 1 rings (SSSR count). The van der Waals surface area contributed by atoms with Crippen LogP contribution in [0.2, 0.25) is 0 Å². The Hall–Kier alpha value is -0.990. The predicted molar refractivity (Wildman–Crippen MR) is 37.2 cm³/mol. The summed E-state index contributed by atoms with van der Waals surface area (Å²) < 4.78 is 0. The number of hydrogen-bond acceptors (Lipinski definition) is 2. The number of rotatable bonds is 2. The molecule has 0 saturated carbocycles. The third-order valence-corrected chi connectivity index (χ3v) is 1.21. The monoisotopic (exact) mass is 124 g/mol. The molecule has 1 radical (unpaired) electrons. The molecule has 0 aromatic carbocycles. The quantitative estimate of drug-likeness (QED) is 0.628. The van der Waals surface area contributed by atoms with Crippen LogP contribution in [-0.2, 0) is 0 Å². The highest BCUT2D eigenvalue weighted by molar-refractivity contribution is 5.34. The molecular formula is C6H10N3. The van der Waals surface area contributed by atoms with Crippen molar-refractivity contribution in [1.29, 1.82) is 0 Å². The fourth-order valence-electron chi connectivity index (χ4n) is 0.580. The highest BCUT2D eigenvalue weighted by Gasteiger charge is 1.96. The lowest BCUT2D eigenvalue weighted by Gasteiger charge is -2.10. The lowest BCUT2D eigenvalue weighted by atomic mass is 10.5. The summed E-state index contributed by atoms with van der Waals surface area (Å²) in [7, 11) is 1.95. The lowest BCUT2D eigenvalue weighted by Crippen LogP contribution is -2.16. The number of aromatic nitrogens is 2. The largest absolute Gasteiger partial charge is 0.358 e. The third kappa shape index (κ3) is 1.22. The second kappa shape index (κ2) is 2.53. The van der Waals surface area contributed by atoms with Gasteiger partial charge in [-0.25, -0.2) is 0 Å². The van der Waals surface area contributed by atoms with Gasteiger partial charge < -0.3 is 4.90 Å². The first kappa shape index (κ1) is 6.13. The zero-order chi connectivity index (χ0) is 6.69. The third-order valence-electron chi connectivity index (χ3n) is 1.21. The molecule has 0 saturated heterocycles. The van der Waals surface area contributed by atoms with E-state index < -0.39 is 0 Å². The van der Waals surface area contributed by atoms with Crippen molar-refractivity contribution in [1.82, 2.24) is 10.2 Å². The van der Waals surface area contributed by atoms with Crippen LogP contribution in [0.5, 0.6) is 0 Å². The van der Waals surface area contributed by atoms with E-state index in [0.717, 1.165) is 12.4 Å². The second-order valence-electron chi connectivity index (χ2n) is 1.85. The molecule has 0 bridgehead atoms. The van der Waals surface area contributed by atoms with E-state index in [1.807, 2.05) is 18.0 Å². The molecule has 0 unspecified atom stereocenters. The van der Waals surface area contributed by atoms with Crippen molar-refractivity contribution in [2.24, 2.45) is 0 Å². The van der Waals surface area contributed by atoms with E-state index in [-0.39, 0.29) is 0 Å². The van der Waals surface area contributed by atoms with Gasteiger partial charge in [-0.05, 0) is 6.92 Å². The molecule has 9 heavy (non-hydrogen) atoms. The first-order chi connectivity index (χ1) is 4.34. The van der Waals surface area contributed by atoms with Gasteiger partial charge in [0.1, 0.15) is 5.82 Å². The molecule has 0 fully saturated rings. The maximum atomic E-state index is 3.95. The van der Waals surface area contributed by atoms with E-state index in [0.29, 0.717) is 0 Å². The molecular weight excluding hydrogens is 114 g/mol. The molecule has 3 nitrogen and oxygen atoms in total. The zero-order valence-electron chi connectivity index (χ0n) is 5.46. The highest BCUT2D eigenvalue weighted by Crippen LogP contribution is 2.03. The lowest BCUT2D eigenvalue weighted by molar-refractivity contribution is 0.962. The summed E-state index contributed by atoms with van der Waals surface area (Å²) in [5.74, 6) is 0.935. The highest BCUT2D eigenvalue weighted by atomic mass is 15.2. The Morgan fingerprint density at radius 3 is 3.11 bits per heavy atom. The van der Waals surface area contributed by atoms with Crippen molar-refractivity contribution in [3.05, 3.63) is 19.2 Å². The molecule has 0 aliphatic rings. The zero-order valence-corrected chi connectivity index (χ0v) is 5.46. The SMILES string of the molecule is [CH2]CN(C)c1cc[nH]n1. The number of anilines is 1. The van der Waals surface area contributed by atoms with Crippen LogP contribution in [0.15, 0.2) is 12.3 Å². The molecule has 0 atom stereocenters. The summed E-state index contributed by atoms with van der Waals surface area (Å²) in [5, 5.41) is 6.67. The van der Waals surface area contributed by atoms with Crippen molar-refractivity contribution >= 4 is 5.82 Å².